The molecule has 0 radical (unpaired) electrons. The molecule has 0 aliphatic rings. The van der Waals surface area contributed by atoms with Crippen LogP contribution in [-0.2, 0) is 11.2 Å². The first-order valence-corrected chi connectivity index (χ1v) is 5.24. The van der Waals surface area contributed by atoms with E-state index in [1.54, 1.807) is 13.0 Å². The molecular formula is C12H16FNO2. The second-order valence-corrected chi connectivity index (χ2v) is 3.92. The molecule has 0 aliphatic carbocycles. The van der Waals surface area contributed by atoms with Crippen LogP contribution in [-0.4, -0.2) is 17.1 Å². The van der Waals surface area contributed by atoms with Gasteiger partial charge < -0.3 is 10.8 Å². The van der Waals surface area contributed by atoms with Crippen molar-refractivity contribution in [2.24, 2.45) is 5.73 Å². The van der Waals surface area contributed by atoms with E-state index in [9.17, 15) is 9.18 Å². The number of aryl methyl sites for hydroxylation is 2. The number of benzene rings is 1. The Kier molecular flexibility index (Phi) is 4.43. The number of halogens is 1. The van der Waals surface area contributed by atoms with E-state index in [1.807, 2.05) is 6.07 Å². The molecule has 0 amide bonds. The lowest BCUT2D eigenvalue weighted by Gasteiger charge is -2.06. The predicted octanol–water partition coefficient (Wildman–Crippen LogP) is 1.87. The van der Waals surface area contributed by atoms with E-state index in [4.69, 9.17) is 10.8 Å². The first kappa shape index (κ1) is 12.6. The molecule has 0 spiro atoms. The van der Waals surface area contributed by atoms with E-state index in [2.05, 4.69) is 0 Å². The molecule has 0 heterocycles. The summed E-state index contributed by atoms with van der Waals surface area (Å²) in [5.74, 6) is -1.21. The highest BCUT2D eigenvalue weighted by molar-refractivity contribution is 5.72. The number of carbonyl (C=O) groups is 1. The van der Waals surface area contributed by atoms with Crippen LogP contribution < -0.4 is 5.73 Å². The molecule has 88 valence electrons. The Balaban J connectivity index is 2.43. The molecule has 0 aromatic heterocycles. The molecule has 16 heavy (non-hydrogen) atoms. The van der Waals surface area contributed by atoms with Crippen molar-refractivity contribution in [2.45, 2.75) is 32.2 Å². The van der Waals surface area contributed by atoms with Crippen molar-refractivity contribution in [3.63, 3.8) is 0 Å². The SMILES string of the molecule is Cc1ccc(CCC[C@H](N)C(=O)O)cc1F. The average Bonchev–Trinajstić information content (AvgIpc) is 2.23. The van der Waals surface area contributed by atoms with Crippen LogP contribution in [0.25, 0.3) is 0 Å². The van der Waals surface area contributed by atoms with Gasteiger partial charge in [0, 0.05) is 0 Å². The third-order valence-corrected chi connectivity index (χ3v) is 2.53. The molecule has 4 heteroatoms. The third-order valence-electron chi connectivity index (χ3n) is 2.53. The van der Waals surface area contributed by atoms with Gasteiger partial charge in [0.05, 0.1) is 0 Å². The maximum Gasteiger partial charge on any atom is 0.320 e. The quantitative estimate of drug-likeness (QED) is 0.804. The van der Waals surface area contributed by atoms with Gasteiger partial charge in [0.25, 0.3) is 0 Å². The van der Waals surface area contributed by atoms with Gasteiger partial charge >= 0.3 is 5.97 Å². The lowest BCUT2D eigenvalue weighted by atomic mass is 10.0. The number of carboxylic acids is 1. The molecule has 0 fully saturated rings. The lowest BCUT2D eigenvalue weighted by molar-refractivity contribution is -0.138. The minimum Gasteiger partial charge on any atom is -0.480 e. The van der Waals surface area contributed by atoms with Gasteiger partial charge in [0.1, 0.15) is 11.9 Å². The minimum absolute atomic E-state index is 0.222. The summed E-state index contributed by atoms with van der Waals surface area (Å²) in [7, 11) is 0. The summed E-state index contributed by atoms with van der Waals surface area (Å²) in [5.41, 5.74) is 6.85. The summed E-state index contributed by atoms with van der Waals surface area (Å²) in [5, 5.41) is 8.57. The van der Waals surface area contributed by atoms with Crippen LogP contribution >= 0.6 is 0 Å². The first-order chi connectivity index (χ1) is 7.50. The van der Waals surface area contributed by atoms with E-state index >= 15 is 0 Å². The van der Waals surface area contributed by atoms with Crippen LogP contribution in [0, 0.1) is 12.7 Å². The summed E-state index contributed by atoms with van der Waals surface area (Å²) in [6.45, 7) is 1.71. The van der Waals surface area contributed by atoms with E-state index in [0.29, 0.717) is 24.8 Å². The van der Waals surface area contributed by atoms with Crippen molar-refractivity contribution in [1.82, 2.24) is 0 Å². The van der Waals surface area contributed by atoms with Gasteiger partial charge in [-0.25, -0.2) is 4.39 Å². The molecule has 0 saturated carbocycles. The molecule has 0 aliphatic heterocycles. The summed E-state index contributed by atoms with van der Waals surface area (Å²) in [6, 6.07) is 4.24. The maximum absolute atomic E-state index is 13.2. The van der Waals surface area contributed by atoms with Gasteiger partial charge in [-0.1, -0.05) is 12.1 Å². The average molecular weight is 225 g/mol. The highest BCUT2D eigenvalue weighted by Gasteiger charge is 2.10. The van der Waals surface area contributed by atoms with Crippen LogP contribution in [0.1, 0.15) is 24.0 Å². The zero-order valence-corrected chi connectivity index (χ0v) is 9.24. The summed E-state index contributed by atoms with van der Waals surface area (Å²) in [6.07, 6.45) is 1.71. The molecule has 3 nitrogen and oxygen atoms in total. The molecule has 0 unspecified atom stereocenters. The standard InChI is InChI=1S/C12H16FNO2/c1-8-5-6-9(7-10(8)13)3-2-4-11(14)12(15)16/h5-7,11H,2-4,14H2,1H3,(H,15,16)/t11-/m0/s1. The largest absolute Gasteiger partial charge is 0.480 e. The smallest absolute Gasteiger partial charge is 0.320 e. The molecule has 3 N–H and O–H groups in total. The molecule has 1 aromatic carbocycles. The van der Waals surface area contributed by atoms with Crippen molar-refractivity contribution < 1.29 is 14.3 Å². The number of hydrogen-bond donors (Lipinski definition) is 2. The fourth-order valence-corrected chi connectivity index (χ4v) is 1.44. The highest BCUT2D eigenvalue weighted by Crippen LogP contribution is 2.12. The highest BCUT2D eigenvalue weighted by atomic mass is 19.1. The zero-order valence-electron chi connectivity index (χ0n) is 9.24. The van der Waals surface area contributed by atoms with Gasteiger partial charge in [-0.2, -0.15) is 0 Å². The predicted molar refractivity (Wildman–Crippen MR) is 59.7 cm³/mol. The fourth-order valence-electron chi connectivity index (χ4n) is 1.44. The molecule has 1 rings (SSSR count). The van der Waals surface area contributed by atoms with Crippen LogP contribution in [0.15, 0.2) is 18.2 Å². The van der Waals surface area contributed by atoms with Crippen LogP contribution in [0.4, 0.5) is 4.39 Å². The molecule has 0 saturated heterocycles. The monoisotopic (exact) mass is 225 g/mol. The number of hydrogen-bond acceptors (Lipinski definition) is 2. The van der Waals surface area contributed by atoms with Crippen LogP contribution in [0.5, 0.6) is 0 Å². The Bertz CT molecular complexity index is 379. The molecule has 1 aromatic rings. The van der Waals surface area contributed by atoms with Crippen molar-refractivity contribution in [3.8, 4) is 0 Å². The van der Waals surface area contributed by atoms with Crippen molar-refractivity contribution in [1.29, 1.82) is 0 Å². The number of rotatable bonds is 5. The maximum atomic E-state index is 13.2. The Morgan fingerprint density at radius 1 is 1.56 bits per heavy atom. The van der Waals surface area contributed by atoms with E-state index in [1.165, 1.54) is 6.07 Å². The Morgan fingerprint density at radius 3 is 2.81 bits per heavy atom. The van der Waals surface area contributed by atoms with E-state index in [0.717, 1.165) is 5.56 Å². The Labute approximate surface area is 94.1 Å². The Hall–Kier alpha value is -1.42. The van der Waals surface area contributed by atoms with Crippen LogP contribution in [0.2, 0.25) is 0 Å². The summed E-state index contributed by atoms with van der Waals surface area (Å²) < 4.78 is 13.2. The minimum atomic E-state index is -0.991. The molecular weight excluding hydrogens is 209 g/mol. The van der Waals surface area contributed by atoms with Gasteiger partial charge in [0.2, 0.25) is 0 Å². The second-order valence-electron chi connectivity index (χ2n) is 3.92. The topological polar surface area (TPSA) is 63.3 Å². The second kappa shape index (κ2) is 5.61. The Morgan fingerprint density at radius 2 is 2.25 bits per heavy atom. The van der Waals surface area contributed by atoms with Gasteiger partial charge in [-0.15, -0.1) is 0 Å². The lowest BCUT2D eigenvalue weighted by Crippen LogP contribution is -2.29. The first-order valence-electron chi connectivity index (χ1n) is 5.24. The fraction of sp³-hybridized carbons (Fsp3) is 0.417. The van der Waals surface area contributed by atoms with Gasteiger partial charge in [-0.3, -0.25) is 4.79 Å². The van der Waals surface area contributed by atoms with Crippen molar-refractivity contribution in [2.75, 3.05) is 0 Å². The van der Waals surface area contributed by atoms with E-state index < -0.39 is 12.0 Å². The normalized spacial score (nSPS) is 12.4. The van der Waals surface area contributed by atoms with Gasteiger partial charge in [-0.05, 0) is 43.4 Å². The summed E-state index contributed by atoms with van der Waals surface area (Å²) in [4.78, 5) is 10.5. The zero-order chi connectivity index (χ0) is 12.1. The van der Waals surface area contributed by atoms with E-state index in [-0.39, 0.29) is 5.82 Å². The van der Waals surface area contributed by atoms with Crippen molar-refractivity contribution in [3.05, 3.63) is 35.1 Å². The number of carboxylic acid groups (broad SMARTS) is 1. The summed E-state index contributed by atoms with van der Waals surface area (Å²) >= 11 is 0. The molecule has 0 bridgehead atoms. The number of nitrogens with two attached hydrogens (primary N) is 1. The number of aliphatic carboxylic acids is 1. The third kappa shape index (κ3) is 3.62. The molecule has 1 atom stereocenters. The van der Waals surface area contributed by atoms with Crippen molar-refractivity contribution >= 4 is 5.97 Å². The van der Waals surface area contributed by atoms with Crippen LogP contribution in [0.3, 0.4) is 0 Å². The van der Waals surface area contributed by atoms with Gasteiger partial charge in [0.15, 0.2) is 0 Å².